The van der Waals surface area contributed by atoms with Crippen molar-refractivity contribution in [1.82, 2.24) is 19.7 Å². The number of likely N-dealkylation sites (tertiary alicyclic amines) is 1. The van der Waals surface area contributed by atoms with Gasteiger partial charge in [-0.05, 0) is 37.9 Å². The van der Waals surface area contributed by atoms with E-state index in [-0.39, 0.29) is 11.7 Å². The van der Waals surface area contributed by atoms with Crippen molar-refractivity contribution in [3.63, 3.8) is 0 Å². The zero-order valence-corrected chi connectivity index (χ0v) is 14.2. The second kappa shape index (κ2) is 6.47. The van der Waals surface area contributed by atoms with Crippen LogP contribution in [-0.2, 0) is 0 Å². The van der Waals surface area contributed by atoms with E-state index in [4.69, 9.17) is 28.9 Å². The van der Waals surface area contributed by atoms with Gasteiger partial charge in [-0.15, -0.1) is 5.10 Å². The van der Waals surface area contributed by atoms with Gasteiger partial charge in [0.25, 0.3) is 5.91 Å². The lowest BCUT2D eigenvalue weighted by atomic mass is 10.1. The van der Waals surface area contributed by atoms with E-state index < -0.39 is 0 Å². The van der Waals surface area contributed by atoms with Gasteiger partial charge in [-0.1, -0.05) is 29.3 Å². The average Bonchev–Trinajstić information content (AvgIpc) is 3.14. The molecule has 2 N–H and O–H groups in total. The third-order valence-electron chi connectivity index (χ3n) is 4.02. The summed E-state index contributed by atoms with van der Waals surface area (Å²) in [4.78, 5) is 18.6. The molecule has 1 aliphatic heterocycles. The Bertz CT molecular complexity index is 725. The first-order valence-corrected chi connectivity index (χ1v) is 8.14. The molecule has 1 unspecified atom stereocenters. The van der Waals surface area contributed by atoms with E-state index in [1.54, 1.807) is 30.0 Å². The van der Waals surface area contributed by atoms with Crippen molar-refractivity contribution < 1.29 is 4.79 Å². The summed E-state index contributed by atoms with van der Waals surface area (Å²) in [5, 5.41) is 5.22. The molecule has 3 rings (SSSR count). The Morgan fingerprint density at radius 3 is 2.70 bits per heavy atom. The van der Waals surface area contributed by atoms with Crippen LogP contribution in [0.3, 0.4) is 0 Å². The van der Waals surface area contributed by atoms with Gasteiger partial charge in [0.15, 0.2) is 0 Å². The normalized spacial score (nSPS) is 17.7. The SMILES string of the molecule is Cc1nc(C(=O)N2CCC(CN)C2)nn1-c1c(Cl)cccc1Cl. The van der Waals surface area contributed by atoms with Gasteiger partial charge in [-0.25, -0.2) is 9.67 Å². The molecule has 122 valence electrons. The Kier molecular flexibility index (Phi) is 4.57. The molecule has 1 aromatic carbocycles. The molecule has 0 bridgehead atoms. The summed E-state index contributed by atoms with van der Waals surface area (Å²) in [6.07, 6.45) is 0.915. The smallest absolute Gasteiger partial charge is 0.293 e. The van der Waals surface area contributed by atoms with Gasteiger partial charge in [-0.3, -0.25) is 4.79 Å². The van der Waals surface area contributed by atoms with Gasteiger partial charge in [0, 0.05) is 13.1 Å². The summed E-state index contributed by atoms with van der Waals surface area (Å²) >= 11 is 12.4. The maximum absolute atomic E-state index is 12.6. The molecule has 2 heterocycles. The fourth-order valence-electron chi connectivity index (χ4n) is 2.73. The number of amides is 1. The van der Waals surface area contributed by atoms with E-state index in [1.165, 1.54) is 4.68 Å². The monoisotopic (exact) mass is 353 g/mol. The highest BCUT2D eigenvalue weighted by Crippen LogP contribution is 2.28. The molecule has 23 heavy (non-hydrogen) atoms. The molecule has 1 amide bonds. The molecule has 8 heteroatoms. The maximum atomic E-state index is 12.6. The number of benzene rings is 1. The van der Waals surface area contributed by atoms with Crippen LogP contribution in [0.25, 0.3) is 5.69 Å². The minimum atomic E-state index is -0.189. The number of carbonyl (C=O) groups is 1. The lowest BCUT2D eigenvalue weighted by Crippen LogP contribution is -2.30. The highest BCUT2D eigenvalue weighted by atomic mass is 35.5. The lowest BCUT2D eigenvalue weighted by molar-refractivity contribution is 0.0775. The van der Waals surface area contributed by atoms with Crippen LogP contribution < -0.4 is 5.73 Å². The topological polar surface area (TPSA) is 77.0 Å². The first kappa shape index (κ1) is 16.2. The number of hydrogen-bond acceptors (Lipinski definition) is 4. The second-order valence-corrected chi connectivity index (χ2v) is 6.42. The Hall–Kier alpha value is -1.63. The molecule has 1 aliphatic rings. The molecule has 1 fully saturated rings. The Balaban J connectivity index is 1.91. The number of nitrogens with zero attached hydrogens (tertiary/aromatic N) is 4. The summed E-state index contributed by atoms with van der Waals surface area (Å²) in [5.41, 5.74) is 6.20. The van der Waals surface area contributed by atoms with Crippen molar-refractivity contribution >= 4 is 29.1 Å². The Morgan fingerprint density at radius 1 is 1.39 bits per heavy atom. The molecule has 1 saturated heterocycles. The summed E-state index contributed by atoms with van der Waals surface area (Å²) < 4.78 is 1.51. The fourth-order valence-corrected chi connectivity index (χ4v) is 3.29. The van der Waals surface area contributed by atoms with E-state index in [9.17, 15) is 4.79 Å². The predicted octanol–water partition coefficient (Wildman–Crippen LogP) is 2.30. The third-order valence-corrected chi connectivity index (χ3v) is 4.63. The largest absolute Gasteiger partial charge is 0.336 e. The number of hydrogen-bond donors (Lipinski definition) is 1. The zero-order chi connectivity index (χ0) is 16.6. The van der Waals surface area contributed by atoms with E-state index in [2.05, 4.69) is 10.1 Å². The highest BCUT2D eigenvalue weighted by molar-refractivity contribution is 6.37. The summed E-state index contributed by atoms with van der Waals surface area (Å²) in [6.45, 7) is 3.67. The number of aryl methyl sites for hydroxylation is 1. The average molecular weight is 354 g/mol. The molecule has 1 aromatic heterocycles. The van der Waals surface area contributed by atoms with Crippen molar-refractivity contribution in [2.75, 3.05) is 19.6 Å². The number of para-hydroxylation sites is 1. The van der Waals surface area contributed by atoms with Crippen LogP contribution in [0, 0.1) is 12.8 Å². The highest BCUT2D eigenvalue weighted by Gasteiger charge is 2.29. The van der Waals surface area contributed by atoms with E-state index >= 15 is 0 Å². The number of halogens is 2. The second-order valence-electron chi connectivity index (χ2n) is 5.61. The number of aromatic nitrogens is 3. The lowest BCUT2D eigenvalue weighted by Gasteiger charge is -2.13. The van der Waals surface area contributed by atoms with E-state index in [0.29, 0.717) is 47.1 Å². The van der Waals surface area contributed by atoms with Crippen LogP contribution in [0.15, 0.2) is 18.2 Å². The minimum Gasteiger partial charge on any atom is -0.336 e. The zero-order valence-electron chi connectivity index (χ0n) is 12.7. The van der Waals surface area contributed by atoms with Crippen LogP contribution in [0.4, 0.5) is 0 Å². The van der Waals surface area contributed by atoms with E-state index in [1.807, 2.05) is 0 Å². The maximum Gasteiger partial charge on any atom is 0.293 e. The third kappa shape index (κ3) is 3.06. The van der Waals surface area contributed by atoms with Crippen LogP contribution in [-0.4, -0.2) is 45.2 Å². The van der Waals surface area contributed by atoms with Crippen molar-refractivity contribution in [1.29, 1.82) is 0 Å². The summed E-state index contributed by atoms with van der Waals surface area (Å²) in [5.74, 6) is 0.861. The van der Waals surface area contributed by atoms with Crippen molar-refractivity contribution in [2.45, 2.75) is 13.3 Å². The first-order valence-electron chi connectivity index (χ1n) is 7.38. The summed E-state index contributed by atoms with van der Waals surface area (Å²) in [7, 11) is 0. The van der Waals surface area contributed by atoms with Crippen LogP contribution >= 0.6 is 23.2 Å². The van der Waals surface area contributed by atoms with Gasteiger partial charge >= 0.3 is 0 Å². The molecule has 0 aliphatic carbocycles. The van der Waals surface area contributed by atoms with E-state index in [0.717, 1.165) is 6.42 Å². The molecular formula is C15H17Cl2N5O. The number of rotatable bonds is 3. The van der Waals surface area contributed by atoms with Gasteiger partial charge in [0.2, 0.25) is 5.82 Å². The first-order chi connectivity index (χ1) is 11.0. The van der Waals surface area contributed by atoms with Gasteiger partial charge < -0.3 is 10.6 Å². The Labute approximate surface area is 144 Å². The van der Waals surface area contributed by atoms with Crippen LogP contribution in [0.1, 0.15) is 22.9 Å². The number of carbonyl (C=O) groups excluding carboxylic acids is 1. The van der Waals surface area contributed by atoms with Gasteiger partial charge in [0.05, 0.1) is 10.0 Å². The minimum absolute atomic E-state index is 0.149. The molecule has 0 saturated carbocycles. The van der Waals surface area contributed by atoms with Crippen LogP contribution in [0.2, 0.25) is 10.0 Å². The fraction of sp³-hybridized carbons (Fsp3) is 0.400. The van der Waals surface area contributed by atoms with Gasteiger partial charge in [0.1, 0.15) is 11.5 Å². The molecule has 0 radical (unpaired) electrons. The number of nitrogens with two attached hydrogens (primary N) is 1. The predicted molar refractivity (Wildman–Crippen MR) is 89.2 cm³/mol. The van der Waals surface area contributed by atoms with Crippen molar-refractivity contribution in [3.05, 3.63) is 39.9 Å². The standard InChI is InChI=1S/C15H17Cl2N5O/c1-9-19-14(15(23)21-6-5-10(7-18)8-21)20-22(9)13-11(16)3-2-4-12(13)17/h2-4,10H,5-8,18H2,1H3. The van der Waals surface area contributed by atoms with Crippen molar-refractivity contribution in [3.8, 4) is 5.69 Å². The molecule has 1 atom stereocenters. The molecule has 6 nitrogen and oxygen atoms in total. The molecule has 2 aromatic rings. The quantitative estimate of drug-likeness (QED) is 0.918. The van der Waals surface area contributed by atoms with Crippen LogP contribution in [0.5, 0.6) is 0 Å². The molecule has 0 spiro atoms. The van der Waals surface area contributed by atoms with Gasteiger partial charge in [-0.2, -0.15) is 0 Å². The van der Waals surface area contributed by atoms with Crippen molar-refractivity contribution in [2.24, 2.45) is 11.7 Å². The Morgan fingerprint density at radius 2 is 2.09 bits per heavy atom. The molecular weight excluding hydrogens is 337 g/mol. The summed E-state index contributed by atoms with van der Waals surface area (Å²) in [6, 6.07) is 5.19.